The summed E-state index contributed by atoms with van der Waals surface area (Å²) < 4.78 is 2.21. The van der Waals surface area contributed by atoms with Gasteiger partial charge in [0.1, 0.15) is 0 Å². The zero-order valence-corrected chi connectivity index (χ0v) is 17.2. The van der Waals surface area contributed by atoms with Crippen LogP contribution in [0.2, 0.25) is 0 Å². The molecule has 1 atom stereocenters. The zero-order chi connectivity index (χ0) is 19.0. The predicted octanol–water partition coefficient (Wildman–Crippen LogP) is 5.08. The van der Waals surface area contributed by atoms with Crippen molar-refractivity contribution in [1.82, 2.24) is 14.8 Å². The number of rotatable bonds is 6. The van der Waals surface area contributed by atoms with Crippen LogP contribution in [0, 0.1) is 13.8 Å². The molecule has 27 heavy (non-hydrogen) atoms. The van der Waals surface area contributed by atoms with E-state index in [0.717, 1.165) is 45.5 Å². The van der Waals surface area contributed by atoms with Crippen molar-refractivity contribution in [2.45, 2.75) is 50.1 Å². The Bertz CT molecular complexity index is 940. The smallest absolute Gasteiger partial charge is 0.237 e. The Balaban J connectivity index is 1.53. The summed E-state index contributed by atoms with van der Waals surface area (Å²) in [5, 5.41) is 14.5. The molecule has 0 bridgehead atoms. The SMILES string of the molecule is Cc1cccc(C)c1NC(=O)C(C)Sc1nnc(-c2cccs2)n1C1CC1. The number of para-hydroxylation sites is 1. The van der Waals surface area contributed by atoms with E-state index in [2.05, 4.69) is 31.5 Å². The molecule has 0 radical (unpaired) electrons. The number of hydrogen-bond donors (Lipinski definition) is 1. The largest absolute Gasteiger partial charge is 0.325 e. The van der Waals surface area contributed by atoms with Crippen molar-refractivity contribution in [3.63, 3.8) is 0 Å². The Morgan fingerprint density at radius 3 is 2.59 bits per heavy atom. The lowest BCUT2D eigenvalue weighted by atomic mass is 10.1. The van der Waals surface area contributed by atoms with Crippen LogP contribution < -0.4 is 5.32 Å². The van der Waals surface area contributed by atoms with Crippen LogP contribution in [0.15, 0.2) is 40.9 Å². The van der Waals surface area contributed by atoms with E-state index in [1.807, 2.05) is 45.0 Å². The Labute approximate surface area is 167 Å². The van der Waals surface area contributed by atoms with Crippen molar-refractivity contribution >= 4 is 34.7 Å². The lowest BCUT2D eigenvalue weighted by Gasteiger charge is -2.15. The summed E-state index contributed by atoms with van der Waals surface area (Å²) in [5.74, 6) is 0.901. The summed E-state index contributed by atoms with van der Waals surface area (Å²) >= 11 is 3.14. The maximum absolute atomic E-state index is 12.8. The highest BCUT2D eigenvalue weighted by molar-refractivity contribution is 8.00. The third-order valence-corrected chi connectivity index (χ3v) is 6.62. The molecular weight excluding hydrogens is 376 g/mol. The molecule has 7 heteroatoms. The van der Waals surface area contributed by atoms with Gasteiger partial charge < -0.3 is 5.32 Å². The van der Waals surface area contributed by atoms with Crippen LogP contribution in [0.3, 0.4) is 0 Å². The van der Waals surface area contributed by atoms with E-state index in [0.29, 0.717) is 6.04 Å². The van der Waals surface area contributed by atoms with Gasteiger partial charge in [0.15, 0.2) is 11.0 Å². The Hall–Kier alpha value is -2.12. The lowest BCUT2D eigenvalue weighted by molar-refractivity contribution is -0.115. The highest BCUT2D eigenvalue weighted by Gasteiger charge is 2.31. The number of carbonyl (C=O) groups excluding carboxylic acids is 1. The first kappa shape index (κ1) is 18.3. The topological polar surface area (TPSA) is 59.8 Å². The molecule has 2 heterocycles. The monoisotopic (exact) mass is 398 g/mol. The average Bonchev–Trinajstić information content (AvgIpc) is 3.17. The highest BCUT2D eigenvalue weighted by atomic mass is 32.2. The van der Waals surface area contributed by atoms with Crippen LogP contribution in [0.1, 0.15) is 36.9 Å². The van der Waals surface area contributed by atoms with E-state index in [1.165, 1.54) is 11.8 Å². The molecular formula is C20H22N4OS2. The Kier molecular flexibility index (Phi) is 5.06. The molecule has 1 aliphatic rings. The van der Waals surface area contributed by atoms with Crippen molar-refractivity contribution in [3.8, 4) is 10.7 Å². The van der Waals surface area contributed by atoms with E-state index >= 15 is 0 Å². The number of thioether (sulfide) groups is 1. The summed E-state index contributed by atoms with van der Waals surface area (Å²) in [7, 11) is 0. The molecule has 140 valence electrons. The third-order valence-electron chi connectivity index (χ3n) is 4.70. The van der Waals surface area contributed by atoms with Crippen LogP contribution in [0.25, 0.3) is 10.7 Å². The number of benzene rings is 1. The van der Waals surface area contributed by atoms with E-state index in [4.69, 9.17) is 0 Å². The second-order valence-electron chi connectivity index (χ2n) is 6.90. The van der Waals surface area contributed by atoms with E-state index in [-0.39, 0.29) is 11.2 Å². The van der Waals surface area contributed by atoms with Crippen LogP contribution in [0.4, 0.5) is 5.69 Å². The molecule has 1 N–H and O–H groups in total. The van der Waals surface area contributed by atoms with Gasteiger partial charge in [-0.2, -0.15) is 0 Å². The summed E-state index contributed by atoms with van der Waals surface area (Å²) in [6.45, 7) is 5.94. The van der Waals surface area contributed by atoms with Crippen molar-refractivity contribution in [1.29, 1.82) is 0 Å². The number of carbonyl (C=O) groups is 1. The first-order valence-electron chi connectivity index (χ1n) is 9.07. The quantitative estimate of drug-likeness (QED) is 0.589. The normalized spacial score (nSPS) is 14.9. The van der Waals surface area contributed by atoms with Gasteiger partial charge >= 0.3 is 0 Å². The molecule has 3 aromatic rings. The summed E-state index contributed by atoms with van der Waals surface area (Å²) in [4.78, 5) is 13.9. The summed E-state index contributed by atoms with van der Waals surface area (Å²) in [6, 6.07) is 10.6. The van der Waals surface area contributed by atoms with Gasteiger partial charge in [0.05, 0.1) is 10.1 Å². The highest BCUT2D eigenvalue weighted by Crippen LogP contribution is 2.42. The number of aryl methyl sites for hydroxylation is 2. The van der Waals surface area contributed by atoms with Crippen LogP contribution in [-0.2, 0) is 4.79 Å². The first-order chi connectivity index (χ1) is 13.0. The Morgan fingerprint density at radius 2 is 1.96 bits per heavy atom. The van der Waals surface area contributed by atoms with Crippen molar-refractivity contribution in [2.75, 3.05) is 5.32 Å². The molecule has 1 unspecified atom stereocenters. The number of nitrogens with one attached hydrogen (secondary N) is 1. The number of amides is 1. The summed E-state index contributed by atoms with van der Waals surface area (Å²) in [6.07, 6.45) is 2.29. The number of anilines is 1. The third kappa shape index (κ3) is 3.80. The molecule has 0 saturated heterocycles. The fraction of sp³-hybridized carbons (Fsp3) is 0.350. The molecule has 1 amide bonds. The Morgan fingerprint density at radius 1 is 1.22 bits per heavy atom. The van der Waals surface area contributed by atoms with Gasteiger partial charge in [-0.1, -0.05) is 36.0 Å². The molecule has 5 nitrogen and oxygen atoms in total. The molecule has 1 aromatic carbocycles. The molecule has 1 fully saturated rings. The molecule has 0 aliphatic heterocycles. The zero-order valence-electron chi connectivity index (χ0n) is 15.6. The average molecular weight is 399 g/mol. The minimum atomic E-state index is -0.262. The van der Waals surface area contributed by atoms with Gasteiger partial charge in [-0.3, -0.25) is 9.36 Å². The van der Waals surface area contributed by atoms with Crippen molar-refractivity contribution < 1.29 is 4.79 Å². The number of thiophene rings is 1. The predicted molar refractivity (Wildman–Crippen MR) is 111 cm³/mol. The van der Waals surface area contributed by atoms with Gasteiger partial charge in [-0.05, 0) is 56.2 Å². The molecule has 1 saturated carbocycles. The second-order valence-corrected chi connectivity index (χ2v) is 9.16. The fourth-order valence-electron chi connectivity index (χ4n) is 3.04. The summed E-state index contributed by atoms with van der Waals surface area (Å²) in [5.41, 5.74) is 3.04. The second kappa shape index (κ2) is 7.48. The van der Waals surface area contributed by atoms with Gasteiger partial charge in [0.25, 0.3) is 0 Å². The van der Waals surface area contributed by atoms with E-state index in [1.54, 1.807) is 11.3 Å². The number of hydrogen-bond acceptors (Lipinski definition) is 5. The van der Waals surface area contributed by atoms with Crippen molar-refractivity contribution in [2.24, 2.45) is 0 Å². The van der Waals surface area contributed by atoms with E-state index < -0.39 is 0 Å². The van der Waals surface area contributed by atoms with Crippen molar-refractivity contribution in [3.05, 3.63) is 46.8 Å². The minimum absolute atomic E-state index is 0.0135. The van der Waals surface area contributed by atoms with Crippen LogP contribution >= 0.6 is 23.1 Å². The molecule has 4 rings (SSSR count). The maximum atomic E-state index is 12.8. The molecule has 2 aromatic heterocycles. The van der Waals surface area contributed by atoms with Gasteiger partial charge in [-0.15, -0.1) is 21.5 Å². The number of nitrogens with zero attached hydrogens (tertiary/aromatic N) is 3. The maximum Gasteiger partial charge on any atom is 0.237 e. The van der Waals surface area contributed by atoms with Crippen LogP contribution in [-0.4, -0.2) is 25.9 Å². The van der Waals surface area contributed by atoms with Gasteiger partial charge in [0.2, 0.25) is 5.91 Å². The van der Waals surface area contributed by atoms with Crippen LogP contribution in [0.5, 0.6) is 0 Å². The van der Waals surface area contributed by atoms with Gasteiger partial charge in [0, 0.05) is 11.7 Å². The van der Waals surface area contributed by atoms with Gasteiger partial charge in [-0.25, -0.2) is 0 Å². The standard InChI is InChI=1S/C20H22N4OS2/c1-12-6-4-7-13(2)17(12)21-19(25)14(3)27-20-23-22-18(16-8-5-11-26-16)24(20)15-9-10-15/h4-8,11,14-15H,9-10H2,1-3H3,(H,21,25). The van der Waals surface area contributed by atoms with E-state index in [9.17, 15) is 4.79 Å². The molecule has 0 spiro atoms. The minimum Gasteiger partial charge on any atom is -0.325 e. The molecule has 1 aliphatic carbocycles. The lowest BCUT2D eigenvalue weighted by Crippen LogP contribution is -2.23. The number of aromatic nitrogens is 3. The fourth-order valence-corrected chi connectivity index (χ4v) is 4.67. The first-order valence-corrected chi connectivity index (χ1v) is 10.8.